The van der Waals surface area contributed by atoms with Gasteiger partial charge in [0.05, 0.1) is 20.4 Å². The molecular formula is C21H29N5O2. The van der Waals surface area contributed by atoms with Gasteiger partial charge in [-0.3, -0.25) is 0 Å². The van der Waals surface area contributed by atoms with E-state index in [9.17, 15) is 0 Å². The molecule has 2 heterocycles. The summed E-state index contributed by atoms with van der Waals surface area (Å²) >= 11 is 0. The van der Waals surface area contributed by atoms with Crippen LogP contribution in [-0.2, 0) is 13.0 Å². The van der Waals surface area contributed by atoms with Gasteiger partial charge in [0.2, 0.25) is 5.95 Å². The SMILES string of the molecule is COc1cc2c(cc1OC)CN(c1cnnc(NC3CCCCCC3)n1)CC2. The van der Waals surface area contributed by atoms with Gasteiger partial charge in [-0.15, -0.1) is 5.10 Å². The minimum atomic E-state index is 0.457. The van der Waals surface area contributed by atoms with Crippen molar-refractivity contribution < 1.29 is 9.47 Å². The van der Waals surface area contributed by atoms with Crippen molar-refractivity contribution >= 4 is 11.8 Å². The predicted molar refractivity (Wildman–Crippen MR) is 109 cm³/mol. The van der Waals surface area contributed by atoms with Gasteiger partial charge in [0.25, 0.3) is 0 Å². The van der Waals surface area contributed by atoms with E-state index in [1.54, 1.807) is 20.4 Å². The molecule has 1 N–H and O–H groups in total. The van der Waals surface area contributed by atoms with Crippen molar-refractivity contribution in [2.45, 2.75) is 57.5 Å². The molecule has 1 aromatic carbocycles. The number of hydrogen-bond donors (Lipinski definition) is 1. The van der Waals surface area contributed by atoms with Crippen LogP contribution in [0.5, 0.6) is 11.5 Å². The van der Waals surface area contributed by atoms with Crippen molar-refractivity contribution in [3.05, 3.63) is 29.5 Å². The van der Waals surface area contributed by atoms with Crippen LogP contribution in [0.4, 0.5) is 11.8 Å². The summed E-state index contributed by atoms with van der Waals surface area (Å²) in [5.41, 5.74) is 2.54. The summed E-state index contributed by atoms with van der Waals surface area (Å²) in [5, 5.41) is 11.9. The molecule has 0 bridgehead atoms. The monoisotopic (exact) mass is 383 g/mol. The maximum Gasteiger partial charge on any atom is 0.244 e. The molecule has 0 radical (unpaired) electrons. The van der Waals surface area contributed by atoms with Crippen molar-refractivity contribution in [1.82, 2.24) is 15.2 Å². The van der Waals surface area contributed by atoms with E-state index >= 15 is 0 Å². The Morgan fingerprint density at radius 2 is 1.71 bits per heavy atom. The Morgan fingerprint density at radius 3 is 2.43 bits per heavy atom. The Labute approximate surface area is 166 Å². The van der Waals surface area contributed by atoms with Crippen LogP contribution in [0.2, 0.25) is 0 Å². The molecule has 1 saturated carbocycles. The Bertz CT molecular complexity index is 805. The quantitative estimate of drug-likeness (QED) is 0.791. The van der Waals surface area contributed by atoms with Crippen LogP contribution in [0.25, 0.3) is 0 Å². The number of nitrogens with zero attached hydrogens (tertiary/aromatic N) is 4. The molecule has 2 aromatic rings. The largest absolute Gasteiger partial charge is 0.493 e. The summed E-state index contributed by atoms with van der Waals surface area (Å²) in [7, 11) is 3.35. The van der Waals surface area contributed by atoms with Crippen molar-refractivity contribution in [2.75, 3.05) is 31.0 Å². The maximum absolute atomic E-state index is 5.47. The summed E-state index contributed by atoms with van der Waals surface area (Å²) in [4.78, 5) is 7.01. The topological polar surface area (TPSA) is 72.4 Å². The number of ether oxygens (including phenoxy) is 2. The molecule has 1 fully saturated rings. The van der Waals surface area contributed by atoms with E-state index in [0.29, 0.717) is 12.0 Å². The third kappa shape index (κ3) is 4.13. The lowest BCUT2D eigenvalue weighted by Crippen LogP contribution is -2.31. The van der Waals surface area contributed by atoms with Gasteiger partial charge >= 0.3 is 0 Å². The van der Waals surface area contributed by atoms with E-state index < -0.39 is 0 Å². The molecule has 1 aliphatic heterocycles. The number of anilines is 2. The molecule has 1 aromatic heterocycles. The van der Waals surface area contributed by atoms with Gasteiger partial charge in [-0.1, -0.05) is 25.7 Å². The van der Waals surface area contributed by atoms with E-state index in [1.807, 2.05) is 0 Å². The Kier molecular flexibility index (Phi) is 5.78. The number of aromatic nitrogens is 3. The fourth-order valence-corrected chi connectivity index (χ4v) is 4.19. The Morgan fingerprint density at radius 1 is 1.00 bits per heavy atom. The van der Waals surface area contributed by atoms with Crippen LogP contribution in [-0.4, -0.2) is 42.0 Å². The molecule has 4 rings (SSSR count). The molecule has 7 nitrogen and oxygen atoms in total. The van der Waals surface area contributed by atoms with Gasteiger partial charge in [-0.2, -0.15) is 10.1 Å². The van der Waals surface area contributed by atoms with Gasteiger partial charge in [-0.25, -0.2) is 0 Å². The highest BCUT2D eigenvalue weighted by Gasteiger charge is 2.21. The number of fused-ring (bicyclic) bond motifs is 1. The molecule has 0 spiro atoms. The summed E-state index contributed by atoms with van der Waals surface area (Å²) in [5.74, 6) is 3.06. The van der Waals surface area contributed by atoms with E-state index in [2.05, 4.69) is 32.5 Å². The average Bonchev–Trinajstić information content (AvgIpc) is 3.01. The van der Waals surface area contributed by atoms with Gasteiger partial charge in [-0.05, 0) is 42.5 Å². The third-order valence-corrected chi connectivity index (χ3v) is 5.78. The van der Waals surface area contributed by atoms with Crippen LogP contribution >= 0.6 is 0 Å². The molecule has 150 valence electrons. The normalized spacial score (nSPS) is 17.6. The fourth-order valence-electron chi connectivity index (χ4n) is 4.19. The van der Waals surface area contributed by atoms with E-state index in [-0.39, 0.29) is 0 Å². The first kappa shape index (κ1) is 18.8. The zero-order chi connectivity index (χ0) is 19.3. The molecule has 1 aliphatic carbocycles. The lowest BCUT2D eigenvalue weighted by Gasteiger charge is -2.30. The second-order valence-electron chi connectivity index (χ2n) is 7.62. The Hall–Kier alpha value is -2.57. The Balaban J connectivity index is 1.49. The van der Waals surface area contributed by atoms with Crippen molar-refractivity contribution in [1.29, 1.82) is 0 Å². The summed E-state index contributed by atoms with van der Waals surface area (Å²) in [6.45, 7) is 1.67. The fraction of sp³-hybridized carbons (Fsp3) is 0.571. The van der Waals surface area contributed by atoms with Crippen LogP contribution in [0.15, 0.2) is 18.3 Å². The number of rotatable bonds is 5. The van der Waals surface area contributed by atoms with Crippen LogP contribution in [0.3, 0.4) is 0 Å². The molecule has 28 heavy (non-hydrogen) atoms. The lowest BCUT2D eigenvalue weighted by atomic mass is 9.99. The highest BCUT2D eigenvalue weighted by atomic mass is 16.5. The smallest absolute Gasteiger partial charge is 0.244 e. The standard InChI is InChI=1S/C21H29N5O2/c1-27-18-11-15-9-10-26(14-16(15)12-19(18)28-2)20-13-22-25-21(24-20)23-17-7-5-3-4-6-8-17/h11-13,17H,3-10,14H2,1-2H3,(H,23,24,25). The molecular weight excluding hydrogens is 354 g/mol. The zero-order valence-corrected chi connectivity index (χ0v) is 16.8. The predicted octanol–water partition coefficient (Wildman–Crippen LogP) is 3.59. The van der Waals surface area contributed by atoms with E-state index in [4.69, 9.17) is 14.5 Å². The summed E-state index contributed by atoms with van der Waals surface area (Å²) < 4.78 is 10.9. The van der Waals surface area contributed by atoms with E-state index in [0.717, 1.165) is 36.8 Å². The first-order valence-corrected chi connectivity index (χ1v) is 10.2. The maximum atomic E-state index is 5.47. The van der Waals surface area contributed by atoms with Gasteiger partial charge in [0.15, 0.2) is 17.3 Å². The summed E-state index contributed by atoms with van der Waals surface area (Å²) in [6.07, 6.45) is 10.3. The molecule has 0 atom stereocenters. The first-order valence-electron chi connectivity index (χ1n) is 10.2. The van der Waals surface area contributed by atoms with Crippen LogP contribution in [0.1, 0.15) is 49.7 Å². The number of methoxy groups -OCH3 is 2. The summed E-state index contributed by atoms with van der Waals surface area (Å²) in [6, 6.07) is 4.61. The van der Waals surface area contributed by atoms with Gasteiger partial charge < -0.3 is 19.7 Å². The van der Waals surface area contributed by atoms with Gasteiger partial charge in [0.1, 0.15) is 0 Å². The van der Waals surface area contributed by atoms with E-state index in [1.165, 1.54) is 49.7 Å². The van der Waals surface area contributed by atoms with Gasteiger partial charge in [0, 0.05) is 19.1 Å². The number of hydrogen-bond acceptors (Lipinski definition) is 7. The molecule has 0 amide bonds. The first-order chi connectivity index (χ1) is 13.8. The molecule has 0 unspecified atom stereocenters. The third-order valence-electron chi connectivity index (χ3n) is 5.78. The second-order valence-corrected chi connectivity index (χ2v) is 7.62. The minimum Gasteiger partial charge on any atom is -0.493 e. The average molecular weight is 383 g/mol. The lowest BCUT2D eigenvalue weighted by molar-refractivity contribution is 0.353. The number of nitrogens with one attached hydrogen (secondary N) is 1. The van der Waals surface area contributed by atoms with Crippen LogP contribution < -0.4 is 19.7 Å². The highest BCUT2D eigenvalue weighted by molar-refractivity contribution is 5.52. The van der Waals surface area contributed by atoms with Crippen molar-refractivity contribution in [2.24, 2.45) is 0 Å². The molecule has 2 aliphatic rings. The molecule has 7 heteroatoms. The number of benzene rings is 1. The second kappa shape index (κ2) is 8.63. The highest BCUT2D eigenvalue weighted by Crippen LogP contribution is 2.34. The molecule has 0 saturated heterocycles. The van der Waals surface area contributed by atoms with Crippen molar-refractivity contribution in [3.63, 3.8) is 0 Å². The van der Waals surface area contributed by atoms with Crippen LogP contribution in [0, 0.1) is 0 Å². The van der Waals surface area contributed by atoms with Crippen molar-refractivity contribution in [3.8, 4) is 11.5 Å². The minimum absolute atomic E-state index is 0.457. The zero-order valence-electron chi connectivity index (χ0n) is 16.8.